The summed E-state index contributed by atoms with van der Waals surface area (Å²) in [5, 5.41) is 20.8. The van der Waals surface area contributed by atoms with Gasteiger partial charge in [-0.25, -0.2) is 0 Å². The minimum absolute atomic E-state index is 0.0436. The number of pyridine rings is 2. The van der Waals surface area contributed by atoms with Crippen LogP contribution in [-0.2, 0) is 4.79 Å². The zero-order valence-electron chi connectivity index (χ0n) is 23.7. The smallest absolute Gasteiger partial charge is 0.224 e. The summed E-state index contributed by atoms with van der Waals surface area (Å²) in [5.74, 6) is 0.408. The lowest BCUT2D eigenvalue weighted by Gasteiger charge is -2.18. The molecule has 0 spiro atoms. The first-order valence-corrected chi connectivity index (χ1v) is 13.8. The number of amides is 1. The summed E-state index contributed by atoms with van der Waals surface area (Å²) in [6.07, 6.45) is 4.39. The first kappa shape index (κ1) is 29.6. The number of nitrogens with one attached hydrogen (secondary N) is 3. The van der Waals surface area contributed by atoms with E-state index in [0.717, 1.165) is 24.3 Å². The van der Waals surface area contributed by atoms with Crippen molar-refractivity contribution in [2.75, 3.05) is 43.2 Å². The first-order chi connectivity index (χ1) is 19.8. The molecule has 1 atom stereocenters. The van der Waals surface area contributed by atoms with E-state index in [1.807, 2.05) is 63.2 Å². The standard InChI is InChI=1S/C31H34ClN7O2/c1-5-41-29-17-27-23(16-28(29)38-30(40)10-8-14-39(3)4)31(21(18-33)19-35-27)37-22-11-12-26(24(32)15-22)36-20(2)25-9-6-7-13-34-25/h6-7,9,11-13,15-17,19-20,36H,5,8,10,14H2,1-4H3,(H,35,37)(H,38,40). The van der Waals surface area contributed by atoms with E-state index >= 15 is 0 Å². The van der Waals surface area contributed by atoms with Crippen LogP contribution in [0.5, 0.6) is 5.75 Å². The van der Waals surface area contributed by atoms with Crippen molar-refractivity contribution < 1.29 is 9.53 Å². The van der Waals surface area contributed by atoms with Crippen LogP contribution in [0.1, 0.15) is 44.0 Å². The van der Waals surface area contributed by atoms with Crippen molar-refractivity contribution in [3.05, 3.63) is 77.2 Å². The van der Waals surface area contributed by atoms with Crippen molar-refractivity contribution in [2.45, 2.75) is 32.7 Å². The number of aromatic nitrogens is 2. The first-order valence-electron chi connectivity index (χ1n) is 13.5. The molecule has 0 aliphatic carbocycles. The minimum atomic E-state index is -0.110. The van der Waals surface area contributed by atoms with Crippen LogP contribution in [0.2, 0.25) is 5.02 Å². The molecule has 41 heavy (non-hydrogen) atoms. The fourth-order valence-corrected chi connectivity index (χ4v) is 4.61. The number of nitriles is 1. The van der Waals surface area contributed by atoms with E-state index < -0.39 is 0 Å². The van der Waals surface area contributed by atoms with Gasteiger partial charge < -0.3 is 25.6 Å². The number of carbonyl (C=O) groups is 1. The van der Waals surface area contributed by atoms with Crippen molar-refractivity contribution in [1.29, 1.82) is 5.26 Å². The molecule has 2 heterocycles. The van der Waals surface area contributed by atoms with Gasteiger partial charge in [-0.05, 0) is 77.3 Å². The molecule has 0 saturated heterocycles. The van der Waals surface area contributed by atoms with Crippen molar-refractivity contribution in [1.82, 2.24) is 14.9 Å². The number of benzene rings is 2. The highest BCUT2D eigenvalue weighted by Gasteiger charge is 2.17. The Bertz CT molecular complexity index is 1550. The summed E-state index contributed by atoms with van der Waals surface area (Å²) < 4.78 is 5.82. The zero-order valence-corrected chi connectivity index (χ0v) is 24.4. The van der Waals surface area contributed by atoms with Gasteiger partial charge in [-0.2, -0.15) is 5.26 Å². The third-order valence-corrected chi connectivity index (χ3v) is 6.73. The highest BCUT2D eigenvalue weighted by Crippen LogP contribution is 2.37. The Morgan fingerprint density at radius 2 is 1.98 bits per heavy atom. The molecule has 3 N–H and O–H groups in total. The molecule has 2 aromatic heterocycles. The highest BCUT2D eigenvalue weighted by molar-refractivity contribution is 6.33. The number of anilines is 4. The van der Waals surface area contributed by atoms with E-state index in [-0.39, 0.29) is 11.9 Å². The molecule has 4 rings (SSSR count). The molecule has 1 amide bonds. The normalized spacial score (nSPS) is 11.6. The minimum Gasteiger partial charge on any atom is -0.492 e. The zero-order chi connectivity index (χ0) is 29.4. The molecule has 4 aromatic rings. The Labute approximate surface area is 245 Å². The number of hydrogen-bond acceptors (Lipinski definition) is 8. The van der Waals surface area contributed by atoms with Crippen LogP contribution in [0, 0.1) is 11.3 Å². The van der Waals surface area contributed by atoms with Gasteiger partial charge >= 0.3 is 0 Å². The predicted molar refractivity (Wildman–Crippen MR) is 165 cm³/mol. The number of halogens is 1. The molecule has 212 valence electrons. The van der Waals surface area contributed by atoms with Gasteiger partial charge in [0.25, 0.3) is 0 Å². The average molecular weight is 572 g/mol. The summed E-state index contributed by atoms with van der Waals surface area (Å²) in [4.78, 5) is 23.6. The summed E-state index contributed by atoms with van der Waals surface area (Å²) in [5.41, 5.74) is 4.41. The van der Waals surface area contributed by atoms with Gasteiger partial charge in [0.1, 0.15) is 11.8 Å². The van der Waals surface area contributed by atoms with E-state index in [1.54, 1.807) is 24.4 Å². The Morgan fingerprint density at radius 1 is 1.15 bits per heavy atom. The van der Waals surface area contributed by atoms with E-state index in [0.29, 0.717) is 57.3 Å². The average Bonchev–Trinajstić information content (AvgIpc) is 2.95. The summed E-state index contributed by atoms with van der Waals surface area (Å²) >= 11 is 6.65. The molecule has 2 aromatic carbocycles. The quantitative estimate of drug-likeness (QED) is 0.171. The molecular weight excluding hydrogens is 538 g/mol. The fourth-order valence-electron chi connectivity index (χ4n) is 4.37. The van der Waals surface area contributed by atoms with E-state index in [2.05, 4.69) is 32.0 Å². The van der Waals surface area contributed by atoms with E-state index in [9.17, 15) is 10.1 Å². The molecule has 0 saturated carbocycles. The van der Waals surface area contributed by atoms with Crippen molar-refractivity contribution >= 4 is 51.2 Å². The van der Waals surface area contributed by atoms with Gasteiger partial charge in [-0.1, -0.05) is 17.7 Å². The maximum Gasteiger partial charge on any atom is 0.224 e. The monoisotopic (exact) mass is 571 g/mol. The van der Waals surface area contributed by atoms with Gasteiger partial charge in [-0.15, -0.1) is 0 Å². The second-order valence-corrected chi connectivity index (χ2v) is 10.3. The SMILES string of the molecule is CCOc1cc2ncc(C#N)c(Nc3ccc(NC(C)c4ccccn4)c(Cl)c3)c2cc1NC(=O)CCCN(C)C. The molecule has 0 bridgehead atoms. The molecular formula is C31H34ClN7O2. The van der Waals surface area contributed by atoms with Gasteiger partial charge in [-0.3, -0.25) is 14.8 Å². The van der Waals surface area contributed by atoms with Crippen LogP contribution < -0.4 is 20.7 Å². The summed E-state index contributed by atoms with van der Waals surface area (Å²) in [6.45, 7) is 5.13. The molecule has 0 fully saturated rings. The van der Waals surface area contributed by atoms with Crippen molar-refractivity contribution in [3.63, 3.8) is 0 Å². The van der Waals surface area contributed by atoms with Crippen molar-refractivity contribution in [3.8, 4) is 11.8 Å². The number of hydrogen-bond donors (Lipinski definition) is 3. The van der Waals surface area contributed by atoms with Gasteiger partial charge in [0.05, 0.1) is 51.5 Å². The molecule has 9 nitrogen and oxygen atoms in total. The number of carbonyl (C=O) groups excluding carboxylic acids is 1. The Hall–Kier alpha value is -4.39. The summed E-state index contributed by atoms with van der Waals surface area (Å²) in [7, 11) is 3.95. The Morgan fingerprint density at radius 3 is 2.66 bits per heavy atom. The van der Waals surface area contributed by atoms with Crippen LogP contribution in [-0.4, -0.2) is 48.0 Å². The second kappa shape index (κ2) is 13.8. The predicted octanol–water partition coefficient (Wildman–Crippen LogP) is 6.75. The molecule has 1 unspecified atom stereocenters. The third-order valence-electron chi connectivity index (χ3n) is 6.41. The molecule has 0 aliphatic heterocycles. The van der Waals surface area contributed by atoms with Crippen LogP contribution in [0.25, 0.3) is 10.9 Å². The molecule has 0 radical (unpaired) electrons. The van der Waals surface area contributed by atoms with Crippen molar-refractivity contribution in [2.24, 2.45) is 0 Å². The Balaban J connectivity index is 1.63. The van der Waals surface area contributed by atoms with Crippen LogP contribution in [0.15, 0.2) is 60.9 Å². The van der Waals surface area contributed by atoms with Gasteiger partial charge in [0, 0.05) is 36.0 Å². The molecule has 10 heteroatoms. The van der Waals surface area contributed by atoms with Gasteiger partial charge in [0.2, 0.25) is 5.91 Å². The molecule has 0 aliphatic rings. The maximum atomic E-state index is 12.7. The van der Waals surface area contributed by atoms with Gasteiger partial charge in [0.15, 0.2) is 0 Å². The fraction of sp³-hybridized carbons (Fsp3) is 0.290. The summed E-state index contributed by atoms with van der Waals surface area (Å²) in [6, 6.07) is 17.1. The number of nitrogens with zero attached hydrogens (tertiary/aromatic N) is 4. The van der Waals surface area contributed by atoms with Crippen LogP contribution in [0.3, 0.4) is 0 Å². The number of fused-ring (bicyclic) bond motifs is 1. The third kappa shape index (κ3) is 7.63. The largest absolute Gasteiger partial charge is 0.492 e. The second-order valence-electron chi connectivity index (χ2n) is 9.85. The Kier molecular flexibility index (Phi) is 9.95. The van der Waals surface area contributed by atoms with Crippen LogP contribution in [0.4, 0.5) is 22.7 Å². The van der Waals surface area contributed by atoms with Crippen LogP contribution >= 0.6 is 11.6 Å². The number of rotatable bonds is 12. The lowest BCUT2D eigenvalue weighted by atomic mass is 10.1. The topological polar surface area (TPSA) is 115 Å². The highest BCUT2D eigenvalue weighted by atomic mass is 35.5. The van der Waals surface area contributed by atoms with E-state index in [1.165, 1.54) is 6.20 Å². The van der Waals surface area contributed by atoms with E-state index in [4.69, 9.17) is 16.3 Å². The number of ether oxygens (including phenoxy) is 1. The lowest BCUT2D eigenvalue weighted by Crippen LogP contribution is -2.17. The maximum absolute atomic E-state index is 12.7. The lowest BCUT2D eigenvalue weighted by molar-refractivity contribution is -0.116.